The van der Waals surface area contributed by atoms with Crippen LogP contribution in [-0.4, -0.2) is 19.3 Å². The van der Waals surface area contributed by atoms with Crippen LogP contribution in [0.3, 0.4) is 0 Å². The highest BCUT2D eigenvalue weighted by Crippen LogP contribution is 2.20. The smallest absolute Gasteiger partial charge is 0.251 e. The summed E-state index contributed by atoms with van der Waals surface area (Å²) in [5.74, 6) is -0.235. The van der Waals surface area contributed by atoms with Crippen molar-refractivity contribution in [2.24, 2.45) is 5.14 Å². The van der Waals surface area contributed by atoms with E-state index < -0.39 is 10.0 Å². The van der Waals surface area contributed by atoms with Gasteiger partial charge in [0.25, 0.3) is 5.91 Å². The van der Waals surface area contributed by atoms with Gasteiger partial charge >= 0.3 is 0 Å². The average Bonchev–Trinajstić information content (AvgIpc) is 2.84. The Morgan fingerprint density at radius 1 is 1.40 bits per heavy atom. The Kier molecular flexibility index (Phi) is 4.17. The van der Waals surface area contributed by atoms with Crippen molar-refractivity contribution >= 4 is 27.3 Å². The maximum Gasteiger partial charge on any atom is 0.251 e. The van der Waals surface area contributed by atoms with Gasteiger partial charge in [-0.25, -0.2) is 13.6 Å². The van der Waals surface area contributed by atoms with Gasteiger partial charge in [-0.05, 0) is 31.2 Å². The summed E-state index contributed by atoms with van der Waals surface area (Å²) in [6.07, 6.45) is 1.56. The molecule has 6 nitrogen and oxygen atoms in total. The van der Waals surface area contributed by atoms with Crippen LogP contribution in [0.5, 0.6) is 0 Å². The molecule has 106 valence electrons. The Morgan fingerprint density at radius 2 is 2.15 bits per heavy atom. The first-order valence-corrected chi connectivity index (χ1v) is 8.05. The number of aromatic nitrogens is 1. The maximum absolute atomic E-state index is 11.9. The maximum atomic E-state index is 11.9. The molecule has 2 aromatic rings. The molecule has 0 spiro atoms. The van der Waals surface area contributed by atoms with Crippen molar-refractivity contribution in [2.75, 3.05) is 0 Å². The monoisotopic (exact) mass is 311 g/mol. The van der Waals surface area contributed by atoms with Crippen LogP contribution in [-0.2, 0) is 16.6 Å². The van der Waals surface area contributed by atoms with Gasteiger partial charge in [-0.15, -0.1) is 11.3 Å². The number of nitrogens with two attached hydrogens (primary N) is 1. The zero-order valence-electron chi connectivity index (χ0n) is 10.7. The van der Waals surface area contributed by atoms with Gasteiger partial charge in [0, 0.05) is 22.3 Å². The van der Waals surface area contributed by atoms with Crippen LogP contribution >= 0.6 is 11.3 Å². The quantitative estimate of drug-likeness (QED) is 0.880. The molecule has 20 heavy (non-hydrogen) atoms. The molecule has 0 aliphatic carbocycles. The fourth-order valence-electron chi connectivity index (χ4n) is 1.56. The normalized spacial score (nSPS) is 11.3. The highest BCUT2D eigenvalue weighted by atomic mass is 32.2. The van der Waals surface area contributed by atoms with Gasteiger partial charge in [0.05, 0.1) is 6.54 Å². The highest BCUT2D eigenvalue weighted by Gasteiger charge is 2.12. The molecule has 0 bridgehead atoms. The second kappa shape index (κ2) is 5.70. The number of hydrogen-bond donors (Lipinski definition) is 2. The lowest BCUT2D eigenvalue weighted by molar-refractivity contribution is 0.0951. The van der Waals surface area contributed by atoms with E-state index >= 15 is 0 Å². The molecule has 3 N–H and O–H groups in total. The number of thiophene rings is 1. The molecule has 0 aromatic carbocycles. The lowest BCUT2D eigenvalue weighted by Crippen LogP contribution is -2.22. The molecule has 0 saturated carbocycles. The molecule has 0 saturated heterocycles. The number of hydrogen-bond acceptors (Lipinski definition) is 5. The van der Waals surface area contributed by atoms with E-state index in [1.807, 2.05) is 0 Å². The Bertz CT molecular complexity index is 738. The lowest BCUT2D eigenvalue weighted by Gasteiger charge is -2.04. The fraction of sp³-hybridized carbons (Fsp3) is 0.167. The molecule has 0 fully saturated rings. The number of sulfonamides is 1. The number of rotatable bonds is 4. The minimum Gasteiger partial charge on any atom is -0.347 e. The summed E-state index contributed by atoms with van der Waals surface area (Å²) in [4.78, 5) is 16.6. The van der Waals surface area contributed by atoms with Crippen LogP contribution in [0.1, 0.15) is 20.9 Å². The van der Waals surface area contributed by atoms with Gasteiger partial charge in [0.1, 0.15) is 4.21 Å². The number of amides is 1. The predicted molar refractivity (Wildman–Crippen MR) is 75.8 cm³/mol. The molecule has 1 amide bonds. The van der Waals surface area contributed by atoms with Crippen molar-refractivity contribution in [2.45, 2.75) is 17.7 Å². The van der Waals surface area contributed by atoms with Gasteiger partial charge in [0.15, 0.2) is 0 Å². The largest absolute Gasteiger partial charge is 0.347 e. The van der Waals surface area contributed by atoms with Crippen LogP contribution in [0, 0.1) is 6.92 Å². The van der Waals surface area contributed by atoms with E-state index in [1.165, 1.54) is 6.07 Å². The highest BCUT2D eigenvalue weighted by molar-refractivity contribution is 7.91. The zero-order chi connectivity index (χ0) is 14.8. The minimum absolute atomic E-state index is 0.0847. The van der Waals surface area contributed by atoms with E-state index in [1.54, 1.807) is 31.3 Å². The van der Waals surface area contributed by atoms with E-state index in [2.05, 4.69) is 10.3 Å². The standard InChI is InChI=1S/C12H13N3O3S2/c1-8-6-9(4-5-14-8)12(16)15-7-10-2-3-11(19-10)20(13,17)18/h2-6H,7H2,1H3,(H,15,16)(H2,13,17,18). The molecule has 0 aliphatic heterocycles. The summed E-state index contributed by atoms with van der Waals surface area (Å²) in [5.41, 5.74) is 1.27. The number of nitrogens with one attached hydrogen (secondary N) is 1. The second-order valence-electron chi connectivity index (χ2n) is 4.13. The van der Waals surface area contributed by atoms with Crippen molar-refractivity contribution in [3.63, 3.8) is 0 Å². The minimum atomic E-state index is -3.68. The van der Waals surface area contributed by atoms with E-state index in [-0.39, 0.29) is 16.7 Å². The number of pyridine rings is 1. The van der Waals surface area contributed by atoms with Gasteiger partial charge in [-0.3, -0.25) is 9.78 Å². The lowest BCUT2D eigenvalue weighted by atomic mass is 10.2. The summed E-state index contributed by atoms with van der Waals surface area (Å²) < 4.78 is 22.4. The van der Waals surface area contributed by atoms with Crippen LogP contribution in [0.2, 0.25) is 0 Å². The van der Waals surface area contributed by atoms with Gasteiger partial charge < -0.3 is 5.32 Å². The first kappa shape index (κ1) is 14.6. The number of carbonyl (C=O) groups excluding carboxylic acids is 1. The molecule has 0 unspecified atom stereocenters. The third kappa shape index (κ3) is 3.62. The van der Waals surface area contributed by atoms with Crippen molar-refractivity contribution < 1.29 is 13.2 Å². The summed E-state index contributed by atoms with van der Waals surface area (Å²) in [6, 6.07) is 6.35. The summed E-state index contributed by atoms with van der Waals surface area (Å²) in [6.45, 7) is 2.05. The van der Waals surface area contributed by atoms with E-state index in [0.29, 0.717) is 10.4 Å². The predicted octanol–water partition coefficient (Wildman–Crippen LogP) is 1.03. The number of carbonyl (C=O) groups is 1. The van der Waals surface area contributed by atoms with Crippen LogP contribution in [0.25, 0.3) is 0 Å². The van der Waals surface area contributed by atoms with Crippen molar-refractivity contribution in [1.82, 2.24) is 10.3 Å². The summed E-state index contributed by atoms with van der Waals surface area (Å²) in [7, 11) is -3.68. The first-order chi connectivity index (χ1) is 9.36. The molecule has 0 atom stereocenters. The van der Waals surface area contributed by atoms with Crippen LogP contribution in [0.4, 0.5) is 0 Å². The SMILES string of the molecule is Cc1cc(C(=O)NCc2ccc(S(N)(=O)=O)s2)ccn1. The average molecular weight is 311 g/mol. The Hall–Kier alpha value is -1.77. The third-order valence-corrected chi connectivity index (χ3v) is 5.02. The van der Waals surface area contributed by atoms with E-state index in [4.69, 9.17) is 5.14 Å². The van der Waals surface area contributed by atoms with Gasteiger partial charge in [-0.1, -0.05) is 0 Å². The van der Waals surface area contributed by atoms with Gasteiger partial charge in [0.2, 0.25) is 10.0 Å². The van der Waals surface area contributed by atoms with Crippen molar-refractivity contribution in [3.05, 3.63) is 46.6 Å². The summed E-state index contributed by atoms with van der Waals surface area (Å²) in [5, 5.41) is 7.74. The molecule has 8 heteroatoms. The van der Waals surface area contributed by atoms with Crippen LogP contribution in [0.15, 0.2) is 34.7 Å². The first-order valence-electron chi connectivity index (χ1n) is 5.68. The second-order valence-corrected chi connectivity index (χ2v) is 7.09. The molecule has 2 aromatic heterocycles. The number of nitrogens with zero attached hydrogens (tertiary/aromatic N) is 1. The topological polar surface area (TPSA) is 102 Å². The Labute approximate surface area is 120 Å². The van der Waals surface area contributed by atoms with Gasteiger partial charge in [-0.2, -0.15) is 0 Å². The molecule has 2 rings (SSSR count). The summed E-state index contributed by atoms with van der Waals surface area (Å²) >= 11 is 1.04. The molecular formula is C12H13N3O3S2. The fourth-order valence-corrected chi connectivity index (χ4v) is 3.28. The molecular weight excluding hydrogens is 298 g/mol. The number of primary sulfonamides is 1. The molecule has 2 heterocycles. The van der Waals surface area contributed by atoms with Crippen LogP contribution < -0.4 is 10.5 Å². The van der Waals surface area contributed by atoms with Crippen molar-refractivity contribution in [1.29, 1.82) is 0 Å². The van der Waals surface area contributed by atoms with Crippen molar-refractivity contribution in [3.8, 4) is 0 Å². The zero-order valence-corrected chi connectivity index (χ0v) is 12.3. The Balaban J connectivity index is 2.02. The number of aryl methyl sites for hydroxylation is 1. The van der Waals surface area contributed by atoms with E-state index in [0.717, 1.165) is 17.0 Å². The molecule has 0 radical (unpaired) electrons. The Morgan fingerprint density at radius 3 is 2.75 bits per heavy atom. The molecule has 0 aliphatic rings. The third-order valence-electron chi connectivity index (χ3n) is 2.50. The van der Waals surface area contributed by atoms with E-state index in [9.17, 15) is 13.2 Å².